The molecule has 0 radical (unpaired) electrons. The summed E-state index contributed by atoms with van der Waals surface area (Å²) in [6.45, 7) is 1.63. The molecule has 1 aliphatic rings. The van der Waals surface area contributed by atoms with E-state index in [0.29, 0.717) is 5.03 Å². The molecule has 1 amide bonds. The molecule has 0 bridgehead atoms. The highest BCUT2D eigenvalue weighted by molar-refractivity contribution is 8.00. The van der Waals surface area contributed by atoms with E-state index in [4.69, 9.17) is 0 Å². The second-order valence-electron chi connectivity index (χ2n) is 5.31. The molecule has 0 saturated carbocycles. The summed E-state index contributed by atoms with van der Waals surface area (Å²) in [4.78, 5) is 14.8. The van der Waals surface area contributed by atoms with E-state index in [2.05, 4.69) is 0 Å². The summed E-state index contributed by atoms with van der Waals surface area (Å²) in [6.07, 6.45) is 3.58. The molecule has 1 aromatic heterocycles. The maximum Gasteiger partial charge on any atom is 0.252 e. The summed E-state index contributed by atoms with van der Waals surface area (Å²) in [5, 5.41) is 12.1. The standard InChI is InChI=1S/C17H18N2O2S/c20-17(18-11-6-7-12-18)16(14-8-2-1-3-9-14)22-15-10-4-5-13-19(15)21/h1-5,8-10,13,16H,6-7,11-12H2/t16-/m0/s1. The molecular formula is C17H18N2O2S. The number of rotatable bonds is 4. The predicted octanol–water partition coefficient (Wildman–Crippen LogP) is 2.78. The van der Waals surface area contributed by atoms with Crippen LogP contribution in [0.25, 0.3) is 0 Å². The van der Waals surface area contributed by atoms with Crippen LogP contribution in [-0.4, -0.2) is 23.9 Å². The van der Waals surface area contributed by atoms with Gasteiger partial charge in [0, 0.05) is 25.2 Å². The van der Waals surface area contributed by atoms with Gasteiger partial charge in [-0.05, 0) is 36.2 Å². The van der Waals surface area contributed by atoms with Crippen molar-refractivity contribution in [2.24, 2.45) is 0 Å². The minimum atomic E-state index is -0.373. The van der Waals surface area contributed by atoms with Gasteiger partial charge in [-0.1, -0.05) is 30.3 Å². The molecule has 22 heavy (non-hydrogen) atoms. The lowest BCUT2D eigenvalue weighted by atomic mass is 10.1. The number of aromatic nitrogens is 1. The summed E-state index contributed by atoms with van der Waals surface area (Å²) in [7, 11) is 0. The van der Waals surface area contributed by atoms with Gasteiger partial charge in [-0.15, -0.1) is 0 Å². The number of thioether (sulfide) groups is 1. The third kappa shape index (κ3) is 3.25. The van der Waals surface area contributed by atoms with E-state index in [1.165, 1.54) is 18.0 Å². The van der Waals surface area contributed by atoms with Crippen molar-refractivity contribution in [1.82, 2.24) is 4.90 Å². The summed E-state index contributed by atoms with van der Waals surface area (Å²) >= 11 is 1.32. The topological polar surface area (TPSA) is 47.2 Å². The Hall–Kier alpha value is -2.01. The predicted molar refractivity (Wildman–Crippen MR) is 86.3 cm³/mol. The third-order valence-electron chi connectivity index (χ3n) is 3.77. The van der Waals surface area contributed by atoms with E-state index in [-0.39, 0.29) is 11.2 Å². The summed E-state index contributed by atoms with van der Waals surface area (Å²) < 4.78 is 0.817. The monoisotopic (exact) mass is 314 g/mol. The maximum atomic E-state index is 12.9. The zero-order chi connectivity index (χ0) is 15.4. The first-order valence-corrected chi connectivity index (χ1v) is 8.32. The van der Waals surface area contributed by atoms with Crippen LogP contribution in [0, 0.1) is 5.21 Å². The van der Waals surface area contributed by atoms with Gasteiger partial charge < -0.3 is 10.1 Å². The molecule has 1 atom stereocenters. The van der Waals surface area contributed by atoms with Crippen LogP contribution >= 0.6 is 11.8 Å². The number of amides is 1. The number of likely N-dealkylation sites (tertiary alicyclic amines) is 1. The van der Waals surface area contributed by atoms with Crippen LogP contribution in [-0.2, 0) is 4.79 Å². The Labute approximate surface area is 134 Å². The highest BCUT2D eigenvalue weighted by Crippen LogP contribution is 2.35. The SMILES string of the molecule is O=C([C@@H](Sc1cccc[n+]1[O-])c1ccccc1)N1CCCC1. The molecule has 5 heteroatoms. The fraction of sp³-hybridized carbons (Fsp3) is 0.294. The Morgan fingerprint density at radius 1 is 1.09 bits per heavy atom. The van der Waals surface area contributed by atoms with E-state index < -0.39 is 0 Å². The van der Waals surface area contributed by atoms with E-state index in [9.17, 15) is 10.0 Å². The number of pyridine rings is 1. The fourth-order valence-electron chi connectivity index (χ4n) is 2.62. The molecule has 1 aliphatic heterocycles. The van der Waals surface area contributed by atoms with Crippen molar-refractivity contribution in [2.75, 3.05) is 13.1 Å². The first-order chi connectivity index (χ1) is 10.8. The number of hydrogen-bond donors (Lipinski definition) is 0. The van der Waals surface area contributed by atoms with Gasteiger partial charge in [0.05, 0.1) is 0 Å². The Balaban J connectivity index is 1.89. The molecule has 2 heterocycles. The van der Waals surface area contributed by atoms with E-state index in [0.717, 1.165) is 36.2 Å². The van der Waals surface area contributed by atoms with Gasteiger partial charge >= 0.3 is 0 Å². The number of carbonyl (C=O) groups excluding carboxylic acids is 1. The van der Waals surface area contributed by atoms with Crippen molar-refractivity contribution in [3.05, 3.63) is 65.5 Å². The lowest BCUT2D eigenvalue weighted by molar-refractivity contribution is -0.645. The lowest BCUT2D eigenvalue weighted by Crippen LogP contribution is -2.33. The van der Waals surface area contributed by atoms with E-state index in [1.807, 2.05) is 41.3 Å². The van der Waals surface area contributed by atoms with Gasteiger partial charge in [0.1, 0.15) is 5.25 Å². The lowest BCUT2D eigenvalue weighted by Gasteiger charge is -2.22. The molecule has 0 spiro atoms. The largest absolute Gasteiger partial charge is 0.618 e. The Bertz CT molecular complexity index is 642. The van der Waals surface area contributed by atoms with Crippen molar-refractivity contribution >= 4 is 17.7 Å². The van der Waals surface area contributed by atoms with Gasteiger partial charge in [-0.2, -0.15) is 4.73 Å². The molecule has 0 N–H and O–H groups in total. The zero-order valence-corrected chi connectivity index (χ0v) is 13.0. The average molecular weight is 314 g/mol. The smallest absolute Gasteiger partial charge is 0.252 e. The molecule has 1 saturated heterocycles. The second kappa shape index (κ2) is 6.83. The highest BCUT2D eigenvalue weighted by Gasteiger charge is 2.30. The first kappa shape index (κ1) is 14.9. The number of nitrogens with zero attached hydrogens (tertiary/aromatic N) is 2. The highest BCUT2D eigenvalue weighted by atomic mass is 32.2. The van der Waals surface area contributed by atoms with Crippen LogP contribution in [0.3, 0.4) is 0 Å². The van der Waals surface area contributed by atoms with Gasteiger partial charge in [-0.3, -0.25) is 4.79 Å². The molecule has 4 nitrogen and oxygen atoms in total. The maximum absolute atomic E-state index is 12.9. The van der Waals surface area contributed by atoms with Crippen molar-refractivity contribution in [1.29, 1.82) is 0 Å². The third-order valence-corrected chi connectivity index (χ3v) is 5.04. The van der Waals surface area contributed by atoms with Gasteiger partial charge in [0.2, 0.25) is 5.91 Å². The van der Waals surface area contributed by atoms with Crippen molar-refractivity contribution < 1.29 is 9.52 Å². The number of carbonyl (C=O) groups is 1. The molecule has 1 fully saturated rings. The minimum Gasteiger partial charge on any atom is -0.618 e. The minimum absolute atomic E-state index is 0.0950. The normalized spacial score (nSPS) is 15.7. The molecule has 3 rings (SSSR count). The summed E-state index contributed by atoms with van der Waals surface area (Å²) in [6, 6.07) is 14.9. The molecule has 114 valence electrons. The van der Waals surface area contributed by atoms with Crippen LogP contribution in [0.2, 0.25) is 0 Å². The average Bonchev–Trinajstić information content (AvgIpc) is 3.09. The Kier molecular flexibility index (Phi) is 4.63. The van der Waals surface area contributed by atoms with Crippen molar-refractivity contribution in [3.63, 3.8) is 0 Å². The van der Waals surface area contributed by atoms with E-state index in [1.54, 1.807) is 12.1 Å². The molecule has 1 aromatic carbocycles. The fourth-order valence-corrected chi connectivity index (χ4v) is 3.72. The molecule has 2 aromatic rings. The van der Waals surface area contributed by atoms with Gasteiger partial charge in [0.25, 0.3) is 5.03 Å². The van der Waals surface area contributed by atoms with Gasteiger partial charge in [-0.25, -0.2) is 0 Å². The summed E-state index contributed by atoms with van der Waals surface area (Å²) in [5.41, 5.74) is 0.938. The number of benzene rings is 1. The summed E-state index contributed by atoms with van der Waals surface area (Å²) in [5.74, 6) is 0.0950. The van der Waals surface area contributed by atoms with E-state index >= 15 is 0 Å². The Morgan fingerprint density at radius 2 is 1.77 bits per heavy atom. The van der Waals surface area contributed by atoms with Crippen LogP contribution in [0.1, 0.15) is 23.7 Å². The van der Waals surface area contributed by atoms with Crippen LogP contribution in [0.5, 0.6) is 0 Å². The molecular weight excluding hydrogens is 296 g/mol. The van der Waals surface area contributed by atoms with Crippen molar-refractivity contribution in [3.8, 4) is 0 Å². The quantitative estimate of drug-likeness (QED) is 0.495. The van der Waals surface area contributed by atoms with Crippen molar-refractivity contribution in [2.45, 2.75) is 23.1 Å². The molecule has 0 unspecified atom stereocenters. The van der Waals surface area contributed by atoms with Crippen LogP contribution in [0.15, 0.2) is 59.8 Å². The number of hydrogen-bond acceptors (Lipinski definition) is 3. The zero-order valence-electron chi connectivity index (χ0n) is 12.2. The Morgan fingerprint density at radius 3 is 2.45 bits per heavy atom. The molecule has 0 aliphatic carbocycles. The first-order valence-electron chi connectivity index (χ1n) is 7.44. The van der Waals surface area contributed by atoms with Crippen LogP contribution < -0.4 is 4.73 Å². The van der Waals surface area contributed by atoms with Gasteiger partial charge in [0.15, 0.2) is 6.20 Å². The second-order valence-corrected chi connectivity index (χ2v) is 6.43. The van der Waals surface area contributed by atoms with Crippen LogP contribution in [0.4, 0.5) is 0 Å².